The van der Waals surface area contributed by atoms with Crippen LogP contribution in [0.2, 0.25) is 10.0 Å². The van der Waals surface area contributed by atoms with Gasteiger partial charge in [0.2, 0.25) is 0 Å². The molecule has 162 valence electrons. The Bertz CT molecular complexity index is 992. The van der Waals surface area contributed by atoms with E-state index in [1.807, 2.05) is 0 Å². The van der Waals surface area contributed by atoms with Gasteiger partial charge >= 0.3 is 0 Å². The highest BCUT2D eigenvalue weighted by atomic mass is 35.5. The number of nitrogens with one attached hydrogen (secondary N) is 2. The van der Waals surface area contributed by atoms with Crippen LogP contribution in [-0.4, -0.2) is 70.4 Å². The minimum Gasteiger partial charge on any atom is -0.351 e. The van der Waals surface area contributed by atoms with Crippen molar-refractivity contribution in [2.45, 2.75) is 4.90 Å². The maximum absolute atomic E-state index is 12.6. The van der Waals surface area contributed by atoms with Gasteiger partial charge in [-0.2, -0.15) is 0 Å². The van der Waals surface area contributed by atoms with Gasteiger partial charge in [0.15, 0.2) is 0 Å². The normalized spacial score (nSPS) is 15.7. The predicted octanol–water partition coefficient (Wildman–Crippen LogP) is 2.77. The van der Waals surface area contributed by atoms with Crippen LogP contribution in [0.4, 0.5) is 5.69 Å². The summed E-state index contributed by atoms with van der Waals surface area (Å²) in [6.07, 6.45) is 0. The van der Waals surface area contributed by atoms with E-state index >= 15 is 0 Å². The summed E-state index contributed by atoms with van der Waals surface area (Å²) in [4.78, 5) is 16.8. The van der Waals surface area contributed by atoms with Crippen LogP contribution in [0.1, 0.15) is 10.4 Å². The third-order valence-electron chi connectivity index (χ3n) is 4.89. The molecule has 2 N–H and O–H groups in total. The molecule has 0 atom stereocenters. The predicted molar refractivity (Wildman–Crippen MR) is 120 cm³/mol. The Labute approximate surface area is 187 Å². The molecule has 1 amide bonds. The topological polar surface area (TPSA) is 81.8 Å². The molecule has 1 aliphatic heterocycles. The quantitative estimate of drug-likeness (QED) is 0.649. The maximum Gasteiger partial charge on any atom is 0.263 e. The molecule has 7 nitrogen and oxygen atoms in total. The van der Waals surface area contributed by atoms with Crippen molar-refractivity contribution in [2.75, 3.05) is 51.0 Å². The second-order valence-electron chi connectivity index (χ2n) is 7.16. The smallest absolute Gasteiger partial charge is 0.263 e. The number of anilines is 1. The van der Waals surface area contributed by atoms with Crippen molar-refractivity contribution in [3.63, 3.8) is 0 Å². The fourth-order valence-corrected chi connectivity index (χ4v) is 4.91. The Morgan fingerprint density at radius 3 is 2.37 bits per heavy atom. The van der Waals surface area contributed by atoms with Gasteiger partial charge in [0.1, 0.15) is 4.90 Å². The van der Waals surface area contributed by atoms with Crippen molar-refractivity contribution in [3.05, 3.63) is 58.1 Å². The highest BCUT2D eigenvalue weighted by Crippen LogP contribution is 2.26. The van der Waals surface area contributed by atoms with Gasteiger partial charge in [0.05, 0.1) is 5.02 Å². The second-order valence-corrected chi connectivity index (χ2v) is 9.65. The molecule has 0 bridgehead atoms. The van der Waals surface area contributed by atoms with E-state index in [1.54, 1.807) is 12.1 Å². The molecule has 1 fully saturated rings. The molecule has 2 aromatic rings. The van der Waals surface area contributed by atoms with Gasteiger partial charge in [-0.3, -0.25) is 14.4 Å². The lowest BCUT2D eigenvalue weighted by Gasteiger charge is -2.32. The maximum atomic E-state index is 12.6. The van der Waals surface area contributed by atoms with Gasteiger partial charge in [0, 0.05) is 55.5 Å². The number of sulfonamides is 1. The standard InChI is InChI=1S/C20H24Cl2N4O3S/c1-25-10-12-26(13-11-25)9-8-23-20(27)15-2-5-17(6-3-15)24-30(28,29)19-14-16(21)4-7-18(19)22/h2-7,14,24H,8-13H2,1H3,(H,23,27). The number of rotatable bonds is 7. The summed E-state index contributed by atoms with van der Waals surface area (Å²) in [5.41, 5.74) is 0.775. The van der Waals surface area contributed by atoms with Crippen LogP contribution in [0.15, 0.2) is 47.4 Å². The minimum absolute atomic E-state index is 0.0725. The summed E-state index contributed by atoms with van der Waals surface area (Å²) in [6.45, 7) is 5.43. The van der Waals surface area contributed by atoms with Crippen LogP contribution in [0.5, 0.6) is 0 Å². The average molecular weight is 471 g/mol. The average Bonchev–Trinajstić information content (AvgIpc) is 2.71. The number of hydrogen-bond donors (Lipinski definition) is 2. The first-order valence-corrected chi connectivity index (χ1v) is 11.8. The number of amides is 1. The lowest BCUT2D eigenvalue weighted by molar-refractivity contribution is 0.0941. The van der Waals surface area contributed by atoms with Gasteiger partial charge in [-0.25, -0.2) is 8.42 Å². The number of nitrogens with zero attached hydrogens (tertiary/aromatic N) is 2. The summed E-state index contributed by atoms with van der Waals surface area (Å²) in [5, 5.41) is 3.24. The van der Waals surface area contributed by atoms with Crippen LogP contribution in [0.25, 0.3) is 0 Å². The van der Waals surface area contributed by atoms with Gasteiger partial charge in [-0.05, 0) is 49.5 Å². The zero-order valence-electron chi connectivity index (χ0n) is 16.6. The Balaban J connectivity index is 1.55. The first-order valence-electron chi connectivity index (χ1n) is 9.51. The third kappa shape index (κ3) is 6.09. The fourth-order valence-electron chi connectivity index (χ4n) is 3.08. The molecule has 1 aliphatic rings. The first kappa shape index (κ1) is 22.8. The van der Waals surface area contributed by atoms with Crippen molar-refractivity contribution in [1.82, 2.24) is 15.1 Å². The molecule has 0 aliphatic carbocycles. The lowest BCUT2D eigenvalue weighted by atomic mass is 10.2. The molecule has 0 spiro atoms. The number of likely N-dealkylation sites (N-methyl/N-ethyl adjacent to an activating group) is 1. The van der Waals surface area contributed by atoms with E-state index < -0.39 is 10.0 Å². The van der Waals surface area contributed by atoms with Crippen LogP contribution in [0.3, 0.4) is 0 Å². The van der Waals surface area contributed by atoms with E-state index in [4.69, 9.17) is 23.2 Å². The van der Waals surface area contributed by atoms with Crippen LogP contribution >= 0.6 is 23.2 Å². The number of halogens is 2. The van der Waals surface area contributed by atoms with E-state index in [0.717, 1.165) is 32.7 Å². The fraction of sp³-hybridized carbons (Fsp3) is 0.350. The number of carbonyl (C=O) groups excluding carboxylic acids is 1. The number of piperazine rings is 1. The van der Waals surface area contributed by atoms with Crippen LogP contribution < -0.4 is 10.0 Å². The minimum atomic E-state index is -3.91. The molecule has 30 heavy (non-hydrogen) atoms. The Kier molecular flexibility index (Phi) is 7.60. The Hall–Kier alpha value is -1.84. The molecule has 0 aromatic heterocycles. The van der Waals surface area contributed by atoms with Gasteiger partial charge in [-0.1, -0.05) is 23.2 Å². The number of carbonyl (C=O) groups is 1. The first-order chi connectivity index (χ1) is 14.2. The van der Waals surface area contributed by atoms with Gasteiger partial charge < -0.3 is 10.2 Å². The Morgan fingerprint density at radius 1 is 1.03 bits per heavy atom. The number of hydrogen-bond acceptors (Lipinski definition) is 5. The molecule has 10 heteroatoms. The third-order valence-corrected chi connectivity index (χ3v) is 6.99. The molecule has 1 heterocycles. The molecular weight excluding hydrogens is 447 g/mol. The summed E-state index contributed by atoms with van der Waals surface area (Å²) in [6, 6.07) is 10.4. The largest absolute Gasteiger partial charge is 0.351 e. The molecule has 0 radical (unpaired) electrons. The van der Waals surface area contributed by atoms with Gasteiger partial charge in [0.25, 0.3) is 15.9 Å². The van der Waals surface area contributed by atoms with Crippen molar-refractivity contribution < 1.29 is 13.2 Å². The monoisotopic (exact) mass is 470 g/mol. The molecular formula is C20H24Cl2N4O3S. The second kappa shape index (κ2) is 9.98. The highest BCUT2D eigenvalue weighted by Gasteiger charge is 2.19. The summed E-state index contributed by atoms with van der Waals surface area (Å²) in [7, 11) is -1.80. The van der Waals surface area contributed by atoms with Gasteiger partial charge in [-0.15, -0.1) is 0 Å². The Morgan fingerprint density at radius 2 is 1.70 bits per heavy atom. The summed E-state index contributed by atoms with van der Waals surface area (Å²) < 4.78 is 27.6. The lowest BCUT2D eigenvalue weighted by Crippen LogP contribution is -2.46. The van der Waals surface area contributed by atoms with E-state index in [9.17, 15) is 13.2 Å². The van der Waals surface area contributed by atoms with Crippen molar-refractivity contribution in [2.24, 2.45) is 0 Å². The van der Waals surface area contributed by atoms with E-state index in [2.05, 4.69) is 26.9 Å². The molecule has 3 rings (SSSR count). The molecule has 0 saturated carbocycles. The van der Waals surface area contributed by atoms with Crippen LogP contribution in [-0.2, 0) is 10.0 Å². The van der Waals surface area contributed by atoms with Crippen molar-refractivity contribution >= 4 is 44.8 Å². The van der Waals surface area contributed by atoms with Crippen molar-refractivity contribution in [1.29, 1.82) is 0 Å². The SMILES string of the molecule is CN1CCN(CCNC(=O)c2ccc(NS(=O)(=O)c3cc(Cl)ccc3Cl)cc2)CC1. The van der Waals surface area contributed by atoms with Crippen molar-refractivity contribution in [3.8, 4) is 0 Å². The van der Waals surface area contributed by atoms with Crippen LogP contribution in [0, 0.1) is 0 Å². The summed E-state index contributed by atoms with van der Waals surface area (Å²) >= 11 is 11.9. The number of benzene rings is 2. The summed E-state index contributed by atoms with van der Waals surface area (Å²) in [5.74, 6) is -0.198. The zero-order valence-corrected chi connectivity index (χ0v) is 18.9. The van der Waals surface area contributed by atoms with E-state index in [0.29, 0.717) is 17.8 Å². The molecule has 2 aromatic carbocycles. The molecule has 0 unspecified atom stereocenters. The van der Waals surface area contributed by atoms with E-state index in [1.165, 1.54) is 30.3 Å². The zero-order chi connectivity index (χ0) is 21.7. The van der Waals surface area contributed by atoms with E-state index in [-0.39, 0.29) is 20.8 Å². The highest BCUT2D eigenvalue weighted by molar-refractivity contribution is 7.92. The molecule has 1 saturated heterocycles.